The molecule has 1 aromatic heterocycles. The average Bonchev–Trinajstić information content (AvgIpc) is 2.56. The van der Waals surface area contributed by atoms with Gasteiger partial charge in [-0.25, -0.2) is 4.39 Å². The van der Waals surface area contributed by atoms with E-state index in [9.17, 15) is 4.39 Å². The Morgan fingerprint density at radius 3 is 2.79 bits per heavy atom. The van der Waals surface area contributed by atoms with Gasteiger partial charge in [0.25, 0.3) is 0 Å². The molecule has 0 bridgehead atoms. The van der Waals surface area contributed by atoms with Gasteiger partial charge in [0.05, 0.1) is 0 Å². The van der Waals surface area contributed by atoms with Crippen molar-refractivity contribution < 1.29 is 4.39 Å². The lowest BCUT2D eigenvalue weighted by atomic mass is 10.1. The van der Waals surface area contributed by atoms with Gasteiger partial charge in [0, 0.05) is 34.4 Å². The van der Waals surface area contributed by atoms with Crippen LogP contribution >= 0.6 is 27.3 Å². The number of thiophene rings is 1. The monoisotopic (exact) mass is 277 g/mol. The predicted molar refractivity (Wildman–Crippen MR) is 61.4 cm³/mol. The molecule has 4 heteroatoms. The first-order chi connectivity index (χ1) is 6.74. The van der Waals surface area contributed by atoms with Crippen LogP contribution in [0.15, 0.2) is 15.9 Å². The Hall–Kier alpha value is 0.0700. The van der Waals surface area contributed by atoms with Crippen LogP contribution in [0.3, 0.4) is 0 Å². The van der Waals surface area contributed by atoms with Gasteiger partial charge < -0.3 is 0 Å². The molecule has 1 nitrogen and oxygen atoms in total. The van der Waals surface area contributed by atoms with Crippen LogP contribution in [0.1, 0.15) is 17.7 Å². The molecule has 1 aromatic rings. The average molecular weight is 278 g/mol. The molecule has 0 spiro atoms. The summed E-state index contributed by atoms with van der Waals surface area (Å²) >= 11 is 5.20. The number of hydrogen-bond acceptors (Lipinski definition) is 2. The van der Waals surface area contributed by atoms with Crippen molar-refractivity contribution >= 4 is 27.3 Å². The molecule has 14 heavy (non-hydrogen) atoms. The summed E-state index contributed by atoms with van der Waals surface area (Å²) in [5, 5.41) is 2.09. The molecule has 0 N–H and O–H groups in total. The summed E-state index contributed by atoms with van der Waals surface area (Å²) in [5.41, 5.74) is 0. The third-order valence-electron chi connectivity index (χ3n) is 2.52. The summed E-state index contributed by atoms with van der Waals surface area (Å²) in [4.78, 5) is 3.68. The Bertz CT molecular complexity index is 294. The maximum atomic E-state index is 12.9. The van der Waals surface area contributed by atoms with Crippen molar-refractivity contribution in [1.82, 2.24) is 4.90 Å². The van der Waals surface area contributed by atoms with E-state index in [0.717, 1.165) is 24.1 Å². The highest BCUT2D eigenvalue weighted by Gasteiger charge is 2.18. The molecule has 0 amide bonds. The van der Waals surface area contributed by atoms with E-state index in [1.807, 2.05) is 0 Å². The van der Waals surface area contributed by atoms with E-state index < -0.39 is 6.17 Å². The number of nitrogens with zero attached hydrogens (tertiary/aromatic N) is 1. The van der Waals surface area contributed by atoms with Gasteiger partial charge >= 0.3 is 0 Å². The molecule has 0 atom stereocenters. The van der Waals surface area contributed by atoms with Crippen molar-refractivity contribution in [2.75, 3.05) is 13.1 Å². The van der Waals surface area contributed by atoms with Crippen LogP contribution in [0.5, 0.6) is 0 Å². The quantitative estimate of drug-likeness (QED) is 0.801. The summed E-state index contributed by atoms with van der Waals surface area (Å²) in [7, 11) is 0. The largest absolute Gasteiger partial charge is 0.298 e. The van der Waals surface area contributed by atoms with Crippen LogP contribution in [0.4, 0.5) is 4.39 Å². The first kappa shape index (κ1) is 10.6. The maximum Gasteiger partial charge on any atom is 0.103 e. The molecule has 1 aliphatic rings. The summed E-state index contributed by atoms with van der Waals surface area (Å²) in [6.07, 6.45) is 0.834. The van der Waals surface area contributed by atoms with E-state index in [-0.39, 0.29) is 0 Å². The third kappa shape index (κ3) is 2.78. The topological polar surface area (TPSA) is 3.24 Å². The minimum atomic E-state index is -0.568. The van der Waals surface area contributed by atoms with Crippen LogP contribution in [0, 0.1) is 0 Å². The highest BCUT2D eigenvalue weighted by molar-refractivity contribution is 9.10. The number of alkyl halides is 1. The molecule has 1 fully saturated rings. The lowest BCUT2D eigenvalue weighted by Crippen LogP contribution is -2.33. The Labute approximate surface area is 96.0 Å². The fourth-order valence-corrected chi connectivity index (χ4v) is 3.21. The lowest BCUT2D eigenvalue weighted by Gasteiger charge is -2.27. The summed E-state index contributed by atoms with van der Waals surface area (Å²) in [5.74, 6) is 0. The van der Waals surface area contributed by atoms with Gasteiger partial charge in [0.2, 0.25) is 0 Å². The van der Waals surface area contributed by atoms with Crippen LogP contribution in [0.2, 0.25) is 0 Å². The molecule has 0 aromatic carbocycles. The van der Waals surface area contributed by atoms with Crippen molar-refractivity contribution in [2.45, 2.75) is 25.6 Å². The highest BCUT2D eigenvalue weighted by Crippen LogP contribution is 2.23. The smallest absolute Gasteiger partial charge is 0.103 e. The van der Waals surface area contributed by atoms with E-state index in [1.165, 1.54) is 4.88 Å². The van der Waals surface area contributed by atoms with E-state index in [0.29, 0.717) is 12.8 Å². The zero-order chi connectivity index (χ0) is 9.97. The van der Waals surface area contributed by atoms with Gasteiger partial charge in [0.15, 0.2) is 0 Å². The van der Waals surface area contributed by atoms with Crippen molar-refractivity contribution in [1.29, 1.82) is 0 Å². The lowest BCUT2D eigenvalue weighted by molar-refractivity contribution is 0.146. The van der Waals surface area contributed by atoms with Crippen LogP contribution in [-0.4, -0.2) is 24.2 Å². The highest BCUT2D eigenvalue weighted by atomic mass is 79.9. The molecular formula is C10H13BrFNS. The first-order valence-corrected chi connectivity index (χ1v) is 6.50. The molecule has 0 unspecified atom stereocenters. The number of likely N-dealkylation sites (tertiary alicyclic amines) is 1. The number of piperidine rings is 1. The van der Waals surface area contributed by atoms with Crippen LogP contribution in [0.25, 0.3) is 0 Å². The second kappa shape index (κ2) is 4.73. The van der Waals surface area contributed by atoms with Gasteiger partial charge in [-0.1, -0.05) is 0 Å². The second-order valence-electron chi connectivity index (χ2n) is 3.68. The first-order valence-electron chi connectivity index (χ1n) is 4.83. The Morgan fingerprint density at radius 1 is 1.50 bits per heavy atom. The normalized spacial score (nSPS) is 20.1. The molecular weight excluding hydrogens is 265 g/mol. The molecule has 1 aliphatic heterocycles. The third-order valence-corrected chi connectivity index (χ3v) is 4.20. The molecule has 0 radical (unpaired) electrons. The van der Waals surface area contributed by atoms with Crippen molar-refractivity contribution in [2.24, 2.45) is 0 Å². The van der Waals surface area contributed by atoms with Gasteiger partial charge in [-0.15, -0.1) is 11.3 Å². The maximum absolute atomic E-state index is 12.9. The van der Waals surface area contributed by atoms with Crippen LogP contribution in [-0.2, 0) is 6.54 Å². The van der Waals surface area contributed by atoms with E-state index in [4.69, 9.17) is 0 Å². The minimum Gasteiger partial charge on any atom is -0.298 e. The van der Waals surface area contributed by atoms with Crippen molar-refractivity contribution in [3.05, 3.63) is 20.8 Å². The number of rotatable bonds is 2. The minimum absolute atomic E-state index is 0.568. The molecule has 78 valence electrons. The van der Waals surface area contributed by atoms with Gasteiger partial charge in [0.1, 0.15) is 6.17 Å². The zero-order valence-corrected chi connectivity index (χ0v) is 10.3. The predicted octanol–water partition coefficient (Wildman–Crippen LogP) is 3.44. The van der Waals surface area contributed by atoms with Gasteiger partial charge in [-0.3, -0.25) is 4.90 Å². The Morgan fingerprint density at radius 2 is 2.21 bits per heavy atom. The van der Waals surface area contributed by atoms with E-state index in [1.54, 1.807) is 11.3 Å². The fourth-order valence-electron chi connectivity index (χ4n) is 1.72. The van der Waals surface area contributed by atoms with Crippen LogP contribution < -0.4 is 0 Å². The summed E-state index contributed by atoms with van der Waals surface area (Å²) < 4.78 is 14.0. The van der Waals surface area contributed by atoms with E-state index >= 15 is 0 Å². The Kier molecular flexibility index (Phi) is 3.57. The zero-order valence-electron chi connectivity index (χ0n) is 7.88. The molecule has 1 saturated heterocycles. The standard InChI is InChI=1S/C10H13BrFNS/c11-8-5-10(14-7-8)6-13-3-1-9(12)2-4-13/h5,7,9H,1-4,6H2. The second-order valence-corrected chi connectivity index (χ2v) is 5.59. The van der Waals surface area contributed by atoms with E-state index in [2.05, 4.69) is 32.3 Å². The summed E-state index contributed by atoms with van der Waals surface area (Å²) in [6, 6.07) is 2.15. The number of hydrogen-bond donors (Lipinski definition) is 0. The molecule has 0 saturated carbocycles. The molecule has 2 rings (SSSR count). The molecule has 2 heterocycles. The molecule has 0 aliphatic carbocycles. The Balaban J connectivity index is 1.86. The van der Waals surface area contributed by atoms with Gasteiger partial charge in [-0.05, 0) is 34.8 Å². The SMILES string of the molecule is FC1CCN(Cc2cc(Br)cs2)CC1. The summed E-state index contributed by atoms with van der Waals surface area (Å²) in [6.45, 7) is 2.77. The fraction of sp³-hybridized carbons (Fsp3) is 0.600. The number of halogens is 2. The van der Waals surface area contributed by atoms with Crippen molar-refractivity contribution in [3.63, 3.8) is 0 Å². The van der Waals surface area contributed by atoms with Gasteiger partial charge in [-0.2, -0.15) is 0 Å². The van der Waals surface area contributed by atoms with Crippen molar-refractivity contribution in [3.8, 4) is 0 Å².